The first kappa shape index (κ1) is 15.7. The third kappa shape index (κ3) is 5.56. The van der Waals surface area contributed by atoms with E-state index in [1.54, 1.807) is 13.8 Å². The van der Waals surface area contributed by atoms with Gasteiger partial charge in [0.1, 0.15) is 12.4 Å². The fourth-order valence-corrected chi connectivity index (χ4v) is 1.12. The summed E-state index contributed by atoms with van der Waals surface area (Å²) in [5, 5.41) is 2.13. The fraction of sp³-hybridized carbons (Fsp3) is 0.500. The van der Waals surface area contributed by atoms with E-state index in [1.165, 1.54) is 6.07 Å². The van der Waals surface area contributed by atoms with Crippen molar-refractivity contribution in [1.82, 2.24) is 0 Å². The van der Waals surface area contributed by atoms with E-state index in [9.17, 15) is 17.6 Å². The molecule has 5 heteroatoms. The number of nitrogens with one attached hydrogen (secondary N) is 1. The summed E-state index contributed by atoms with van der Waals surface area (Å²) >= 11 is 0. The molecule has 0 saturated heterocycles. The zero-order valence-electron chi connectivity index (χ0n) is 10.4. The maximum atomic E-state index is 13.1. The molecule has 98 valence electrons. The first-order chi connectivity index (χ1) is 7.79. The number of halogens is 4. The monoisotopic (exact) mass is 251 g/mol. The Kier molecular flexibility index (Phi) is 5.99. The average molecular weight is 251 g/mol. The summed E-state index contributed by atoms with van der Waals surface area (Å²) in [7, 11) is 0. The van der Waals surface area contributed by atoms with E-state index < -0.39 is 18.5 Å². The molecule has 0 aliphatic carbocycles. The first-order valence-electron chi connectivity index (χ1n) is 5.37. The summed E-state index contributed by atoms with van der Waals surface area (Å²) in [4.78, 5) is 0. The molecule has 1 N–H and O–H groups in total. The van der Waals surface area contributed by atoms with Gasteiger partial charge in [-0.05, 0) is 37.1 Å². The summed E-state index contributed by atoms with van der Waals surface area (Å²) in [5.74, 6) is -0.500. The largest absolute Gasteiger partial charge is 0.405 e. The fourth-order valence-electron chi connectivity index (χ4n) is 1.12. The van der Waals surface area contributed by atoms with Gasteiger partial charge >= 0.3 is 6.18 Å². The second-order valence-electron chi connectivity index (χ2n) is 3.37. The molecule has 0 aliphatic heterocycles. The Hall–Kier alpha value is -1.26. The van der Waals surface area contributed by atoms with E-state index >= 15 is 0 Å². The summed E-state index contributed by atoms with van der Waals surface area (Å²) in [6.07, 6.45) is -4.30. The van der Waals surface area contributed by atoms with Crippen molar-refractivity contribution in [2.75, 3.05) is 11.9 Å². The van der Waals surface area contributed by atoms with Crippen molar-refractivity contribution >= 4 is 5.69 Å². The van der Waals surface area contributed by atoms with E-state index in [1.807, 2.05) is 13.8 Å². The van der Waals surface area contributed by atoms with Gasteiger partial charge in [0.15, 0.2) is 0 Å². The molecule has 0 aliphatic rings. The van der Waals surface area contributed by atoms with Crippen LogP contribution in [0.4, 0.5) is 23.2 Å². The van der Waals surface area contributed by atoms with Gasteiger partial charge in [-0.25, -0.2) is 4.39 Å². The lowest BCUT2D eigenvalue weighted by Crippen LogP contribution is -2.21. The molecule has 17 heavy (non-hydrogen) atoms. The Balaban J connectivity index is 0.00000121. The smallest absolute Gasteiger partial charge is 0.376 e. The maximum absolute atomic E-state index is 13.1. The standard InChI is InChI=1S/C10H11F4N.C2H6/c1-6-3-8(4-9(11)7(6)2)15-5-10(12,13)14;1-2/h3-4,15H,5H2,1-2H3;1-2H3. The minimum atomic E-state index is -4.30. The van der Waals surface area contributed by atoms with Gasteiger partial charge in [0.05, 0.1) is 0 Å². The first-order valence-corrected chi connectivity index (χ1v) is 5.37. The Morgan fingerprint density at radius 1 is 1.12 bits per heavy atom. The van der Waals surface area contributed by atoms with Gasteiger partial charge in [0, 0.05) is 5.69 Å². The highest BCUT2D eigenvalue weighted by molar-refractivity contribution is 5.48. The predicted molar refractivity (Wildman–Crippen MR) is 61.8 cm³/mol. The van der Waals surface area contributed by atoms with Crippen LogP contribution in [0.15, 0.2) is 12.1 Å². The second kappa shape index (κ2) is 6.47. The number of anilines is 1. The molecule has 1 nitrogen and oxygen atoms in total. The van der Waals surface area contributed by atoms with Gasteiger partial charge in [0.2, 0.25) is 0 Å². The van der Waals surface area contributed by atoms with Gasteiger partial charge in [-0.1, -0.05) is 13.8 Å². The lowest BCUT2D eigenvalue weighted by molar-refractivity contribution is -0.115. The zero-order valence-corrected chi connectivity index (χ0v) is 10.4. The van der Waals surface area contributed by atoms with Crippen LogP contribution in [0.5, 0.6) is 0 Å². The highest BCUT2D eigenvalue weighted by Crippen LogP contribution is 2.20. The van der Waals surface area contributed by atoms with Crippen LogP contribution in [0, 0.1) is 19.7 Å². The minimum absolute atomic E-state index is 0.146. The summed E-state index contributed by atoms with van der Waals surface area (Å²) in [6.45, 7) is 6.07. The third-order valence-electron chi connectivity index (χ3n) is 2.10. The topological polar surface area (TPSA) is 12.0 Å². The van der Waals surface area contributed by atoms with E-state index in [0.717, 1.165) is 6.07 Å². The molecule has 0 spiro atoms. The lowest BCUT2D eigenvalue weighted by atomic mass is 10.1. The number of benzene rings is 1. The summed E-state index contributed by atoms with van der Waals surface area (Å²) in [5.41, 5.74) is 1.22. The molecule has 0 radical (unpaired) electrons. The molecule has 0 fully saturated rings. The number of alkyl halides is 3. The zero-order chi connectivity index (χ0) is 13.6. The van der Waals surface area contributed by atoms with Crippen LogP contribution in [0.3, 0.4) is 0 Å². The summed E-state index contributed by atoms with van der Waals surface area (Å²) in [6, 6.07) is 2.55. The third-order valence-corrected chi connectivity index (χ3v) is 2.10. The van der Waals surface area contributed by atoms with Gasteiger partial charge in [-0.3, -0.25) is 0 Å². The summed E-state index contributed by atoms with van der Waals surface area (Å²) < 4.78 is 48.7. The highest BCUT2D eigenvalue weighted by Gasteiger charge is 2.26. The Labute approximate surface area is 98.8 Å². The number of rotatable bonds is 2. The van der Waals surface area contributed by atoms with Crippen molar-refractivity contribution in [3.05, 3.63) is 29.1 Å². The molecule has 0 atom stereocenters. The van der Waals surface area contributed by atoms with Gasteiger partial charge in [0.25, 0.3) is 0 Å². The Morgan fingerprint density at radius 3 is 2.06 bits per heavy atom. The minimum Gasteiger partial charge on any atom is -0.376 e. The SMILES string of the molecule is CC.Cc1cc(NCC(F)(F)F)cc(F)c1C. The molecule has 0 heterocycles. The molecule has 1 aromatic carbocycles. The van der Waals surface area contributed by atoms with E-state index in [4.69, 9.17) is 0 Å². The van der Waals surface area contributed by atoms with Crippen molar-refractivity contribution in [2.45, 2.75) is 33.9 Å². The van der Waals surface area contributed by atoms with Crippen molar-refractivity contribution in [2.24, 2.45) is 0 Å². The highest BCUT2D eigenvalue weighted by atomic mass is 19.4. The van der Waals surface area contributed by atoms with Gasteiger partial charge in [-0.15, -0.1) is 0 Å². The molecule has 0 amide bonds. The molecular formula is C12H17F4N. The van der Waals surface area contributed by atoms with Crippen LogP contribution in [0.25, 0.3) is 0 Å². The predicted octanol–water partition coefficient (Wildman–Crippen LogP) is 4.44. The normalized spacial score (nSPS) is 10.6. The van der Waals surface area contributed by atoms with Crippen LogP contribution < -0.4 is 5.32 Å². The number of hydrogen-bond donors (Lipinski definition) is 1. The van der Waals surface area contributed by atoms with Crippen LogP contribution in [-0.2, 0) is 0 Å². The van der Waals surface area contributed by atoms with Crippen molar-refractivity contribution in [1.29, 1.82) is 0 Å². The molecule has 0 bridgehead atoms. The second-order valence-corrected chi connectivity index (χ2v) is 3.37. The van der Waals surface area contributed by atoms with Crippen LogP contribution in [0.1, 0.15) is 25.0 Å². The average Bonchev–Trinajstić information content (AvgIpc) is 2.24. The lowest BCUT2D eigenvalue weighted by Gasteiger charge is -2.11. The number of aryl methyl sites for hydroxylation is 1. The van der Waals surface area contributed by atoms with Gasteiger partial charge in [-0.2, -0.15) is 13.2 Å². The van der Waals surface area contributed by atoms with Crippen LogP contribution in [-0.4, -0.2) is 12.7 Å². The molecule has 0 unspecified atom stereocenters. The molecule has 1 aromatic rings. The van der Waals surface area contributed by atoms with Crippen molar-refractivity contribution < 1.29 is 17.6 Å². The van der Waals surface area contributed by atoms with E-state index in [-0.39, 0.29) is 5.69 Å². The van der Waals surface area contributed by atoms with E-state index in [0.29, 0.717) is 11.1 Å². The Morgan fingerprint density at radius 2 is 1.65 bits per heavy atom. The van der Waals surface area contributed by atoms with Crippen molar-refractivity contribution in [3.63, 3.8) is 0 Å². The molecular weight excluding hydrogens is 234 g/mol. The van der Waals surface area contributed by atoms with Crippen LogP contribution in [0.2, 0.25) is 0 Å². The molecule has 1 rings (SSSR count). The van der Waals surface area contributed by atoms with Crippen molar-refractivity contribution in [3.8, 4) is 0 Å². The quantitative estimate of drug-likeness (QED) is 0.766. The van der Waals surface area contributed by atoms with Crippen LogP contribution >= 0.6 is 0 Å². The number of hydrogen-bond acceptors (Lipinski definition) is 1. The maximum Gasteiger partial charge on any atom is 0.405 e. The molecule has 0 aromatic heterocycles. The Bertz CT molecular complexity index is 335. The van der Waals surface area contributed by atoms with E-state index in [2.05, 4.69) is 5.32 Å². The molecule has 0 saturated carbocycles. The van der Waals surface area contributed by atoms with Gasteiger partial charge < -0.3 is 5.32 Å².